The van der Waals surface area contributed by atoms with Gasteiger partial charge in [0.1, 0.15) is 0 Å². The molecule has 1 atom stereocenters. The predicted octanol–water partition coefficient (Wildman–Crippen LogP) is 7.14. The lowest BCUT2D eigenvalue weighted by atomic mass is 9.99. The summed E-state index contributed by atoms with van der Waals surface area (Å²) in [6.07, 6.45) is 3.97. The highest BCUT2D eigenvalue weighted by molar-refractivity contribution is 6.31. The minimum Gasteiger partial charge on any atom is -0.387 e. The van der Waals surface area contributed by atoms with Crippen molar-refractivity contribution in [3.8, 4) is 11.3 Å². The van der Waals surface area contributed by atoms with Crippen LogP contribution >= 0.6 is 23.2 Å². The molecule has 1 aromatic heterocycles. The lowest BCUT2D eigenvalue weighted by Gasteiger charge is -2.26. The van der Waals surface area contributed by atoms with Gasteiger partial charge >= 0.3 is 0 Å². The third-order valence-corrected chi connectivity index (χ3v) is 5.88. The van der Waals surface area contributed by atoms with Crippen LogP contribution in [0.5, 0.6) is 0 Å². The fourth-order valence-corrected chi connectivity index (χ4v) is 3.97. The largest absolute Gasteiger partial charge is 0.387 e. The van der Waals surface area contributed by atoms with E-state index in [4.69, 9.17) is 28.2 Å². The van der Waals surface area contributed by atoms with Crippen molar-refractivity contribution in [2.75, 3.05) is 19.6 Å². The fraction of sp³-hybridized carbons (Fsp3) is 0.400. The lowest BCUT2D eigenvalue weighted by molar-refractivity contribution is 0.112. The number of fused-ring (bicyclic) bond motifs is 1. The van der Waals surface area contributed by atoms with Gasteiger partial charge in [-0.3, -0.25) is 0 Å². The Morgan fingerprint density at radius 2 is 1.53 bits per heavy atom. The van der Waals surface area contributed by atoms with E-state index in [-0.39, 0.29) is 0 Å². The van der Waals surface area contributed by atoms with Crippen molar-refractivity contribution >= 4 is 34.1 Å². The molecule has 5 heteroatoms. The van der Waals surface area contributed by atoms with Crippen molar-refractivity contribution in [1.29, 1.82) is 0 Å². The zero-order valence-electron chi connectivity index (χ0n) is 17.7. The van der Waals surface area contributed by atoms with Gasteiger partial charge in [-0.1, -0.05) is 68.1 Å². The van der Waals surface area contributed by atoms with Crippen molar-refractivity contribution < 1.29 is 5.11 Å². The Morgan fingerprint density at radius 3 is 2.17 bits per heavy atom. The van der Waals surface area contributed by atoms with Gasteiger partial charge in [0.2, 0.25) is 0 Å². The Hall–Kier alpha value is -1.65. The average Bonchev–Trinajstić information content (AvgIpc) is 2.75. The first-order valence-electron chi connectivity index (χ1n) is 10.8. The van der Waals surface area contributed by atoms with Gasteiger partial charge in [0.05, 0.1) is 17.3 Å². The molecular weight excluding hydrogens is 415 g/mol. The van der Waals surface area contributed by atoms with Gasteiger partial charge in [-0.2, -0.15) is 0 Å². The Balaban J connectivity index is 1.98. The first-order chi connectivity index (χ1) is 14.5. The molecule has 0 aliphatic rings. The molecule has 3 nitrogen and oxygen atoms in total. The van der Waals surface area contributed by atoms with Gasteiger partial charge in [-0.15, -0.1) is 0 Å². The Labute approximate surface area is 189 Å². The van der Waals surface area contributed by atoms with Crippen molar-refractivity contribution in [3.63, 3.8) is 0 Å². The standard InChI is InChI=1S/C25H30Cl2N2O/c1-3-5-13-29(14-6-4-2)17-25(30)22-16-23(18-7-9-19(26)10-8-18)28-24-15-20(27)11-12-21(22)24/h7-12,15-16,25,30H,3-6,13-14,17H2,1-2H3/t25-/m1/s1. The molecule has 0 aliphatic carbocycles. The molecule has 0 radical (unpaired) electrons. The topological polar surface area (TPSA) is 36.4 Å². The predicted molar refractivity (Wildman–Crippen MR) is 128 cm³/mol. The fourth-order valence-electron chi connectivity index (χ4n) is 3.67. The van der Waals surface area contributed by atoms with Crippen LogP contribution in [-0.2, 0) is 0 Å². The van der Waals surface area contributed by atoms with Crippen molar-refractivity contribution in [2.45, 2.75) is 45.6 Å². The molecule has 3 rings (SSSR count). The number of pyridine rings is 1. The number of hydrogen-bond acceptors (Lipinski definition) is 3. The monoisotopic (exact) mass is 444 g/mol. The molecule has 2 aromatic carbocycles. The van der Waals surface area contributed by atoms with E-state index in [1.165, 1.54) is 0 Å². The van der Waals surface area contributed by atoms with Gasteiger partial charge in [-0.05, 0) is 61.8 Å². The van der Waals surface area contributed by atoms with Crippen LogP contribution in [0.2, 0.25) is 10.0 Å². The van der Waals surface area contributed by atoms with E-state index in [0.717, 1.165) is 66.5 Å². The van der Waals surface area contributed by atoms with Crippen molar-refractivity contribution in [1.82, 2.24) is 9.88 Å². The van der Waals surface area contributed by atoms with E-state index in [9.17, 15) is 5.11 Å². The molecule has 0 aliphatic heterocycles. The second-order valence-corrected chi connectivity index (χ2v) is 8.66. The molecule has 0 fully saturated rings. The summed E-state index contributed by atoms with van der Waals surface area (Å²) in [6.45, 7) is 7.03. The van der Waals surface area contributed by atoms with E-state index < -0.39 is 6.10 Å². The number of unbranched alkanes of at least 4 members (excludes halogenated alkanes) is 2. The van der Waals surface area contributed by atoms with Gasteiger partial charge in [0, 0.05) is 27.5 Å². The van der Waals surface area contributed by atoms with Gasteiger partial charge in [-0.25, -0.2) is 4.98 Å². The molecule has 0 saturated heterocycles. The second kappa shape index (κ2) is 11.1. The van der Waals surface area contributed by atoms with Crippen LogP contribution < -0.4 is 0 Å². The van der Waals surface area contributed by atoms with E-state index in [0.29, 0.717) is 16.6 Å². The lowest BCUT2D eigenvalue weighted by Crippen LogP contribution is -2.31. The maximum Gasteiger partial charge on any atom is 0.0924 e. The SMILES string of the molecule is CCCCN(CCCC)C[C@@H](O)c1cc(-c2ccc(Cl)cc2)nc2cc(Cl)ccc12. The van der Waals surface area contributed by atoms with E-state index in [2.05, 4.69) is 18.7 Å². The summed E-state index contributed by atoms with van der Waals surface area (Å²) in [7, 11) is 0. The Morgan fingerprint density at radius 1 is 0.900 bits per heavy atom. The Kier molecular flexibility index (Phi) is 8.52. The van der Waals surface area contributed by atoms with Gasteiger partial charge in [0.15, 0.2) is 0 Å². The number of halogens is 2. The molecule has 0 bridgehead atoms. The highest BCUT2D eigenvalue weighted by Crippen LogP contribution is 2.31. The maximum atomic E-state index is 11.2. The zero-order chi connectivity index (χ0) is 21.5. The summed E-state index contributed by atoms with van der Waals surface area (Å²) in [4.78, 5) is 7.18. The van der Waals surface area contributed by atoms with Crippen LogP contribution in [0.15, 0.2) is 48.5 Å². The minimum absolute atomic E-state index is 0.601. The zero-order valence-corrected chi connectivity index (χ0v) is 19.3. The molecular formula is C25H30Cl2N2O. The molecule has 0 saturated carbocycles. The van der Waals surface area contributed by atoms with Crippen LogP contribution in [0, 0.1) is 0 Å². The van der Waals surface area contributed by atoms with E-state index in [1.807, 2.05) is 48.5 Å². The molecule has 160 valence electrons. The molecule has 0 unspecified atom stereocenters. The van der Waals surface area contributed by atoms with E-state index >= 15 is 0 Å². The third kappa shape index (κ3) is 5.95. The first-order valence-corrected chi connectivity index (χ1v) is 11.5. The maximum absolute atomic E-state index is 11.2. The van der Waals surface area contributed by atoms with Crippen LogP contribution in [0.25, 0.3) is 22.2 Å². The summed E-state index contributed by atoms with van der Waals surface area (Å²) in [5.41, 5.74) is 3.45. The number of aliphatic hydroxyl groups excluding tert-OH is 1. The second-order valence-electron chi connectivity index (χ2n) is 7.79. The Bertz CT molecular complexity index is 951. The number of nitrogens with zero attached hydrogens (tertiary/aromatic N) is 2. The normalized spacial score (nSPS) is 12.6. The molecule has 1 heterocycles. The summed E-state index contributed by atoms with van der Waals surface area (Å²) in [6, 6.07) is 15.3. The summed E-state index contributed by atoms with van der Waals surface area (Å²) in [5.74, 6) is 0. The minimum atomic E-state index is -0.601. The first kappa shape index (κ1) is 23.0. The molecule has 3 aromatic rings. The van der Waals surface area contributed by atoms with Crippen LogP contribution in [-0.4, -0.2) is 34.6 Å². The number of hydrogen-bond donors (Lipinski definition) is 1. The van der Waals surface area contributed by atoms with Crippen molar-refractivity contribution in [2.24, 2.45) is 0 Å². The van der Waals surface area contributed by atoms with Crippen LogP contribution in [0.3, 0.4) is 0 Å². The summed E-state index contributed by atoms with van der Waals surface area (Å²) < 4.78 is 0. The number of aliphatic hydroxyl groups is 1. The molecule has 30 heavy (non-hydrogen) atoms. The van der Waals surface area contributed by atoms with Crippen LogP contribution in [0.1, 0.15) is 51.2 Å². The number of aromatic nitrogens is 1. The van der Waals surface area contributed by atoms with Gasteiger partial charge < -0.3 is 10.0 Å². The van der Waals surface area contributed by atoms with Crippen molar-refractivity contribution in [3.05, 3.63) is 64.1 Å². The molecule has 1 N–H and O–H groups in total. The molecule has 0 amide bonds. The number of benzene rings is 2. The van der Waals surface area contributed by atoms with Crippen LogP contribution in [0.4, 0.5) is 0 Å². The summed E-state index contributed by atoms with van der Waals surface area (Å²) in [5, 5.41) is 13.5. The number of rotatable bonds is 10. The molecule has 0 spiro atoms. The highest BCUT2D eigenvalue weighted by atomic mass is 35.5. The quantitative estimate of drug-likeness (QED) is 0.360. The average molecular weight is 445 g/mol. The summed E-state index contributed by atoms with van der Waals surface area (Å²) >= 11 is 12.3. The highest BCUT2D eigenvalue weighted by Gasteiger charge is 2.18. The van der Waals surface area contributed by atoms with E-state index in [1.54, 1.807) is 0 Å². The van der Waals surface area contributed by atoms with Gasteiger partial charge in [0.25, 0.3) is 0 Å². The smallest absolute Gasteiger partial charge is 0.0924 e. The third-order valence-electron chi connectivity index (χ3n) is 5.39.